The molecule has 18 heavy (non-hydrogen) atoms. The van der Waals surface area contributed by atoms with Crippen LogP contribution in [0.5, 0.6) is 0 Å². The van der Waals surface area contributed by atoms with Gasteiger partial charge in [-0.25, -0.2) is 0 Å². The molecule has 1 aliphatic rings. The van der Waals surface area contributed by atoms with E-state index in [1.54, 1.807) is 0 Å². The third-order valence-corrected chi connectivity index (χ3v) is 3.75. The first-order chi connectivity index (χ1) is 8.88. The van der Waals surface area contributed by atoms with E-state index in [0.717, 1.165) is 12.6 Å². The summed E-state index contributed by atoms with van der Waals surface area (Å²) in [5.41, 5.74) is 1.44. The average Bonchev–Trinajstić information content (AvgIpc) is 2.63. The molecule has 2 heteroatoms. The SMILES string of the molecule is CCCNC1CCCN(Cc2ccccc2)CC1. The van der Waals surface area contributed by atoms with Crippen molar-refractivity contribution in [3.05, 3.63) is 35.9 Å². The Morgan fingerprint density at radius 2 is 2.00 bits per heavy atom. The minimum Gasteiger partial charge on any atom is -0.314 e. The number of likely N-dealkylation sites (tertiary alicyclic amines) is 1. The topological polar surface area (TPSA) is 15.3 Å². The van der Waals surface area contributed by atoms with E-state index in [4.69, 9.17) is 0 Å². The zero-order valence-electron chi connectivity index (χ0n) is 11.6. The fourth-order valence-electron chi connectivity index (χ4n) is 2.71. The van der Waals surface area contributed by atoms with E-state index in [0.29, 0.717) is 0 Å². The molecule has 2 rings (SSSR count). The van der Waals surface area contributed by atoms with Crippen molar-refractivity contribution < 1.29 is 0 Å². The van der Waals surface area contributed by atoms with Gasteiger partial charge >= 0.3 is 0 Å². The molecule has 0 spiro atoms. The van der Waals surface area contributed by atoms with Crippen molar-refractivity contribution in [2.75, 3.05) is 19.6 Å². The lowest BCUT2D eigenvalue weighted by atomic mass is 10.1. The zero-order valence-corrected chi connectivity index (χ0v) is 11.6. The Balaban J connectivity index is 1.78. The standard InChI is InChI=1S/C16H26N2/c1-2-11-17-16-9-6-12-18(13-10-16)14-15-7-4-3-5-8-15/h3-5,7-8,16-17H,2,6,9-14H2,1H3. The Kier molecular flexibility index (Phi) is 5.69. The number of nitrogens with zero attached hydrogens (tertiary/aromatic N) is 1. The lowest BCUT2D eigenvalue weighted by molar-refractivity contribution is 0.274. The highest BCUT2D eigenvalue weighted by molar-refractivity contribution is 5.14. The van der Waals surface area contributed by atoms with Crippen molar-refractivity contribution in [1.82, 2.24) is 10.2 Å². The summed E-state index contributed by atoms with van der Waals surface area (Å²) in [4.78, 5) is 2.60. The summed E-state index contributed by atoms with van der Waals surface area (Å²) in [5.74, 6) is 0. The minimum atomic E-state index is 0.741. The number of nitrogens with one attached hydrogen (secondary N) is 1. The normalized spacial score (nSPS) is 21.7. The van der Waals surface area contributed by atoms with Gasteiger partial charge in [-0.3, -0.25) is 4.90 Å². The average molecular weight is 246 g/mol. The third kappa shape index (κ3) is 4.43. The molecule has 0 radical (unpaired) electrons. The molecule has 0 saturated carbocycles. The molecule has 1 N–H and O–H groups in total. The lowest BCUT2D eigenvalue weighted by Gasteiger charge is -2.20. The second kappa shape index (κ2) is 7.55. The van der Waals surface area contributed by atoms with E-state index in [-0.39, 0.29) is 0 Å². The molecule has 0 bridgehead atoms. The summed E-state index contributed by atoms with van der Waals surface area (Å²) in [6, 6.07) is 11.6. The maximum atomic E-state index is 3.67. The van der Waals surface area contributed by atoms with Crippen molar-refractivity contribution in [3.63, 3.8) is 0 Å². The van der Waals surface area contributed by atoms with Crippen LogP contribution in [0.3, 0.4) is 0 Å². The molecule has 1 aromatic carbocycles. The predicted molar refractivity (Wildman–Crippen MR) is 77.7 cm³/mol. The second-order valence-electron chi connectivity index (χ2n) is 5.34. The summed E-state index contributed by atoms with van der Waals surface area (Å²) >= 11 is 0. The van der Waals surface area contributed by atoms with Gasteiger partial charge in [0, 0.05) is 12.6 Å². The van der Waals surface area contributed by atoms with Crippen molar-refractivity contribution in [2.45, 2.75) is 45.2 Å². The Morgan fingerprint density at radius 1 is 1.17 bits per heavy atom. The molecule has 1 aromatic rings. The number of rotatable bonds is 5. The van der Waals surface area contributed by atoms with Crippen molar-refractivity contribution in [1.29, 1.82) is 0 Å². The van der Waals surface area contributed by atoms with Crippen LogP contribution >= 0.6 is 0 Å². The number of benzene rings is 1. The molecule has 0 amide bonds. The first kappa shape index (κ1) is 13.6. The van der Waals surface area contributed by atoms with Crippen LogP contribution in [0.1, 0.15) is 38.2 Å². The fourth-order valence-corrected chi connectivity index (χ4v) is 2.71. The summed E-state index contributed by atoms with van der Waals surface area (Å²) < 4.78 is 0. The maximum absolute atomic E-state index is 3.67. The Bertz CT molecular complexity index is 323. The van der Waals surface area contributed by atoms with Gasteiger partial charge in [-0.15, -0.1) is 0 Å². The summed E-state index contributed by atoms with van der Waals surface area (Å²) in [6.07, 6.45) is 5.20. The highest BCUT2D eigenvalue weighted by Crippen LogP contribution is 2.14. The monoisotopic (exact) mass is 246 g/mol. The van der Waals surface area contributed by atoms with Crippen molar-refractivity contribution in [3.8, 4) is 0 Å². The Labute approximate surface area is 111 Å². The first-order valence-electron chi connectivity index (χ1n) is 7.38. The van der Waals surface area contributed by atoms with Gasteiger partial charge in [0.15, 0.2) is 0 Å². The molecule has 1 unspecified atom stereocenters. The van der Waals surface area contributed by atoms with E-state index in [2.05, 4.69) is 47.5 Å². The van der Waals surface area contributed by atoms with Gasteiger partial charge < -0.3 is 5.32 Å². The Morgan fingerprint density at radius 3 is 2.78 bits per heavy atom. The summed E-state index contributed by atoms with van der Waals surface area (Å²) in [7, 11) is 0. The minimum absolute atomic E-state index is 0.741. The molecule has 1 aliphatic heterocycles. The van der Waals surface area contributed by atoms with Gasteiger partial charge in [0.1, 0.15) is 0 Å². The first-order valence-corrected chi connectivity index (χ1v) is 7.38. The highest BCUT2D eigenvalue weighted by Gasteiger charge is 2.16. The van der Waals surface area contributed by atoms with Crippen LogP contribution in [0.2, 0.25) is 0 Å². The molecule has 1 heterocycles. The van der Waals surface area contributed by atoms with Gasteiger partial charge in [-0.05, 0) is 50.9 Å². The predicted octanol–water partition coefficient (Wildman–Crippen LogP) is 3.04. The van der Waals surface area contributed by atoms with Crippen LogP contribution in [0.25, 0.3) is 0 Å². The van der Waals surface area contributed by atoms with Crippen LogP contribution < -0.4 is 5.32 Å². The number of hydrogen-bond donors (Lipinski definition) is 1. The molecular formula is C16H26N2. The van der Waals surface area contributed by atoms with E-state index in [1.165, 1.54) is 50.9 Å². The smallest absolute Gasteiger partial charge is 0.0233 e. The van der Waals surface area contributed by atoms with E-state index >= 15 is 0 Å². The van der Waals surface area contributed by atoms with Crippen molar-refractivity contribution in [2.24, 2.45) is 0 Å². The number of hydrogen-bond acceptors (Lipinski definition) is 2. The van der Waals surface area contributed by atoms with Gasteiger partial charge in [-0.2, -0.15) is 0 Å². The van der Waals surface area contributed by atoms with Gasteiger partial charge in [0.05, 0.1) is 0 Å². The Hall–Kier alpha value is -0.860. The third-order valence-electron chi connectivity index (χ3n) is 3.75. The second-order valence-corrected chi connectivity index (χ2v) is 5.34. The molecule has 100 valence electrons. The van der Waals surface area contributed by atoms with Crippen LogP contribution in [0.15, 0.2) is 30.3 Å². The molecule has 0 aliphatic carbocycles. The van der Waals surface area contributed by atoms with Crippen LogP contribution in [-0.2, 0) is 6.54 Å². The molecule has 2 nitrogen and oxygen atoms in total. The molecule has 1 saturated heterocycles. The summed E-state index contributed by atoms with van der Waals surface area (Å²) in [6.45, 7) is 7.01. The van der Waals surface area contributed by atoms with E-state index in [9.17, 15) is 0 Å². The zero-order chi connectivity index (χ0) is 12.6. The molecular weight excluding hydrogens is 220 g/mol. The van der Waals surface area contributed by atoms with Crippen molar-refractivity contribution >= 4 is 0 Å². The summed E-state index contributed by atoms with van der Waals surface area (Å²) in [5, 5.41) is 3.67. The maximum Gasteiger partial charge on any atom is 0.0233 e. The molecule has 1 atom stereocenters. The van der Waals surface area contributed by atoms with Gasteiger partial charge in [0.2, 0.25) is 0 Å². The molecule has 1 fully saturated rings. The highest BCUT2D eigenvalue weighted by atomic mass is 15.1. The van der Waals surface area contributed by atoms with Crippen LogP contribution in [0.4, 0.5) is 0 Å². The lowest BCUT2D eigenvalue weighted by Crippen LogP contribution is -2.31. The van der Waals surface area contributed by atoms with Crippen LogP contribution in [-0.4, -0.2) is 30.6 Å². The quantitative estimate of drug-likeness (QED) is 0.859. The largest absolute Gasteiger partial charge is 0.314 e. The molecule has 0 aromatic heterocycles. The van der Waals surface area contributed by atoms with E-state index in [1.807, 2.05) is 0 Å². The van der Waals surface area contributed by atoms with Gasteiger partial charge in [-0.1, -0.05) is 37.3 Å². The van der Waals surface area contributed by atoms with Crippen LogP contribution in [0, 0.1) is 0 Å². The van der Waals surface area contributed by atoms with Gasteiger partial charge in [0.25, 0.3) is 0 Å². The van der Waals surface area contributed by atoms with E-state index < -0.39 is 0 Å². The fraction of sp³-hybridized carbons (Fsp3) is 0.625.